The lowest BCUT2D eigenvalue weighted by atomic mass is 9.90. The summed E-state index contributed by atoms with van der Waals surface area (Å²) in [7, 11) is 0. The van der Waals surface area contributed by atoms with Gasteiger partial charge in [0.1, 0.15) is 0 Å². The molecule has 3 nitrogen and oxygen atoms in total. The molecule has 1 aliphatic carbocycles. The molecule has 1 aromatic heterocycles. The molecule has 78 valence electrons. The van der Waals surface area contributed by atoms with Crippen molar-refractivity contribution in [1.82, 2.24) is 9.78 Å². The molecule has 1 heterocycles. The van der Waals surface area contributed by atoms with E-state index in [9.17, 15) is 0 Å². The first-order valence-electron chi connectivity index (χ1n) is 5.29. The van der Waals surface area contributed by atoms with Crippen molar-refractivity contribution >= 4 is 0 Å². The Morgan fingerprint density at radius 2 is 2.21 bits per heavy atom. The fourth-order valence-electron chi connectivity index (χ4n) is 2.45. The molecule has 3 heteroatoms. The average Bonchev–Trinajstić information content (AvgIpc) is 2.57. The van der Waals surface area contributed by atoms with Crippen molar-refractivity contribution in [3.8, 4) is 0 Å². The lowest BCUT2D eigenvalue weighted by molar-refractivity contribution is 0.502. The fraction of sp³-hybridized carbons (Fsp3) is 0.727. The van der Waals surface area contributed by atoms with Crippen LogP contribution in [0.3, 0.4) is 0 Å². The summed E-state index contributed by atoms with van der Waals surface area (Å²) < 4.78 is 1.97. The molecule has 1 aromatic rings. The van der Waals surface area contributed by atoms with Gasteiger partial charge in [-0.15, -0.1) is 0 Å². The maximum absolute atomic E-state index is 5.89. The van der Waals surface area contributed by atoms with Gasteiger partial charge >= 0.3 is 0 Å². The van der Waals surface area contributed by atoms with Crippen LogP contribution in [0.2, 0.25) is 0 Å². The highest BCUT2D eigenvalue weighted by Gasteiger charge is 2.61. The zero-order chi connectivity index (χ0) is 10.4. The van der Waals surface area contributed by atoms with Gasteiger partial charge < -0.3 is 5.73 Å². The summed E-state index contributed by atoms with van der Waals surface area (Å²) in [4.78, 5) is 0. The number of hydrogen-bond donors (Lipinski definition) is 1. The smallest absolute Gasteiger partial charge is 0.0528 e. The molecule has 0 spiro atoms. The first kappa shape index (κ1) is 9.71. The number of nitrogens with zero attached hydrogens (tertiary/aromatic N) is 2. The van der Waals surface area contributed by atoms with Gasteiger partial charge in [0.2, 0.25) is 0 Å². The molecule has 0 radical (unpaired) electrons. The summed E-state index contributed by atoms with van der Waals surface area (Å²) in [6.45, 7) is 8.33. The molecule has 0 bridgehead atoms. The largest absolute Gasteiger partial charge is 0.330 e. The Labute approximate surface area is 85.3 Å². The van der Waals surface area contributed by atoms with E-state index in [2.05, 4.69) is 32.1 Å². The van der Waals surface area contributed by atoms with Crippen LogP contribution in [-0.2, 0) is 12.0 Å². The van der Waals surface area contributed by atoms with Crippen molar-refractivity contribution in [2.45, 2.75) is 39.2 Å². The zero-order valence-corrected chi connectivity index (χ0v) is 9.25. The summed E-state index contributed by atoms with van der Waals surface area (Å²) in [6.07, 6.45) is 5.30. The second-order valence-corrected chi connectivity index (χ2v) is 4.93. The van der Waals surface area contributed by atoms with Crippen LogP contribution in [0.4, 0.5) is 0 Å². The standard InChI is InChI=1S/C11H19N3/c1-4-14-6-9(5-13-14)11(8-12)7-10(11,2)3/h5-6H,4,7-8,12H2,1-3H3. The molecule has 1 fully saturated rings. The van der Waals surface area contributed by atoms with Crippen molar-refractivity contribution in [2.24, 2.45) is 11.1 Å². The monoisotopic (exact) mass is 193 g/mol. The predicted octanol–water partition coefficient (Wildman–Crippen LogP) is 1.53. The van der Waals surface area contributed by atoms with Gasteiger partial charge in [0.05, 0.1) is 6.20 Å². The molecule has 1 saturated carbocycles. The third kappa shape index (κ3) is 1.12. The minimum atomic E-state index is 0.195. The van der Waals surface area contributed by atoms with Crippen LogP contribution in [0.5, 0.6) is 0 Å². The highest BCUT2D eigenvalue weighted by atomic mass is 15.3. The maximum Gasteiger partial charge on any atom is 0.0528 e. The Bertz CT molecular complexity index is 340. The van der Waals surface area contributed by atoms with Crippen molar-refractivity contribution < 1.29 is 0 Å². The molecule has 1 aliphatic rings. The van der Waals surface area contributed by atoms with Gasteiger partial charge in [-0.05, 0) is 24.3 Å². The molecule has 14 heavy (non-hydrogen) atoms. The van der Waals surface area contributed by atoms with Crippen LogP contribution in [0.15, 0.2) is 12.4 Å². The van der Waals surface area contributed by atoms with E-state index in [1.165, 1.54) is 12.0 Å². The predicted molar refractivity (Wildman–Crippen MR) is 57.0 cm³/mol. The minimum Gasteiger partial charge on any atom is -0.330 e. The number of nitrogens with two attached hydrogens (primary N) is 1. The Balaban J connectivity index is 2.31. The number of rotatable bonds is 3. The summed E-state index contributed by atoms with van der Waals surface area (Å²) in [5.41, 5.74) is 7.75. The Morgan fingerprint density at radius 3 is 2.57 bits per heavy atom. The highest BCUT2D eigenvalue weighted by molar-refractivity contribution is 5.34. The lowest BCUT2D eigenvalue weighted by Crippen LogP contribution is -2.24. The van der Waals surface area contributed by atoms with Crippen LogP contribution < -0.4 is 5.73 Å². The third-order valence-electron chi connectivity index (χ3n) is 3.77. The summed E-state index contributed by atoms with van der Waals surface area (Å²) >= 11 is 0. The molecule has 0 aliphatic heterocycles. The Hall–Kier alpha value is -0.830. The zero-order valence-electron chi connectivity index (χ0n) is 9.25. The van der Waals surface area contributed by atoms with Crippen molar-refractivity contribution in [3.05, 3.63) is 18.0 Å². The van der Waals surface area contributed by atoms with Gasteiger partial charge in [0.25, 0.3) is 0 Å². The van der Waals surface area contributed by atoms with Crippen molar-refractivity contribution in [2.75, 3.05) is 6.54 Å². The van der Waals surface area contributed by atoms with E-state index < -0.39 is 0 Å². The van der Waals surface area contributed by atoms with Gasteiger partial charge in [0, 0.05) is 24.7 Å². The van der Waals surface area contributed by atoms with Crippen LogP contribution in [-0.4, -0.2) is 16.3 Å². The average molecular weight is 193 g/mol. The van der Waals surface area contributed by atoms with Gasteiger partial charge in [0.15, 0.2) is 0 Å². The van der Waals surface area contributed by atoms with E-state index >= 15 is 0 Å². The van der Waals surface area contributed by atoms with Crippen LogP contribution in [0.1, 0.15) is 32.8 Å². The maximum atomic E-state index is 5.89. The molecular formula is C11H19N3. The molecule has 0 amide bonds. The second-order valence-electron chi connectivity index (χ2n) is 4.93. The summed E-state index contributed by atoms with van der Waals surface area (Å²) in [5.74, 6) is 0. The molecule has 2 N–H and O–H groups in total. The second kappa shape index (κ2) is 2.83. The summed E-state index contributed by atoms with van der Waals surface area (Å²) in [5, 5.41) is 4.32. The molecular weight excluding hydrogens is 174 g/mol. The molecule has 0 aromatic carbocycles. The topological polar surface area (TPSA) is 43.8 Å². The summed E-state index contributed by atoms with van der Waals surface area (Å²) in [6, 6.07) is 0. The first-order chi connectivity index (χ1) is 6.55. The fourth-order valence-corrected chi connectivity index (χ4v) is 2.45. The van der Waals surface area contributed by atoms with Crippen LogP contribution in [0, 0.1) is 5.41 Å². The lowest BCUT2D eigenvalue weighted by Gasteiger charge is -2.16. The number of hydrogen-bond acceptors (Lipinski definition) is 2. The van der Waals surface area contributed by atoms with Gasteiger partial charge in [-0.2, -0.15) is 5.10 Å². The van der Waals surface area contributed by atoms with Crippen molar-refractivity contribution in [1.29, 1.82) is 0 Å². The van der Waals surface area contributed by atoms with Crippen LogP contribution >= 0.6 is 0 Å². The molecule has 1 unspecified atom stereocenters. The minimum absolute atomic E-state index is 0.195. The normalized spacial score (nSPS) is 29.1. The van der Waals surface area contributed by atoms with E-state index in [0.717, 1.165) is 13.1 Å². The molecule has 2 rings (SSSR count). The van der Waals surface area contributed by atoms with Crippen molar-refractivity contribution in [3.63, 3.8) is 0 Å². The number of aromatic nitrogens is 2. The Morgan fingerprint density at radius 1 is 1.57 bits per heavy atom. The Kier molecular flexibility index (Phi) is 1.96. The quantitative estimate of drug-likeness (QED) is 0.791. The highest BCUT2D eigenvalue weighted by Crippen LogP contribution is 2.63. The van der Waals surface area contributed by atoms with Gasteiger partial charge in [-0.1, -0.05) is 13.8 Å². The van der Waals surface area contributed by atoms with E-state index in [4.69, 9.17) is 5.73 Å². The molecule has 1 atom stereocenters. The molecule has 0 saturated heterocycles. The van der Waals surface area contributed by atoms with Gasteiger partial charge in [-0.25, -0.2) is 0 Å². The third-order valence-corrected chi connectivity index (χ3v) is 3.77. The first-order valence-corrected chi connectivity index (χ1v) is 5.29. The van der Waals surface area contributed by atoms with Gasteiger partial charge in [-0.3, -0.25) is 4.68 Å². The van der Waals surface area contributed by atoms with E-state index in [0.29, 0.717) is 5.41 Å². The number of aryl methyl sites for hydroxylation is 1. The van der Waals surface area contributed by atoms with E-state index in [1.807, 2.05) is 10.9 Å². The van der Waals surface area contributed by atoms with E-state index in [-0.39, 0.29) is 5.41 Å². The SMILES string of the molecule is CCn1cc(C2(CN)CC2(C)C)cn1. The van der Waals surface area contributed by atoms with E-state index in [1.54, 1.807) is 0 Å². The van der Waals surface area contributed by atoms with Crippen LogP contribution in [0.25, 0.3) is 0 Å².